The van der Waals surface area contributed by atoms with Crippen LogP contribution in [0.15, 0.2) is 40.5 Å². The molecule has 10 heteroatoms. The second-order valence-corrected chi connectivity index (χ2v) is 6.57. The average molecular weight is 392 g/mol. The maximum absolute atomic E-state index is 11.0. The van der Waals surface area contributed by atoms with Crippen LogP contribution >= 0.6 is 22.9 Å². The van der Waals surface area contributed by atoms with Gasteiger partial charge < -0.3 is 11.5 Å². The molecule has 0 aliphatic rings. The number of halogens is 1. The number of carbonyl (C=O) groups excluding carboxylic acids is 1. The van der Waals surface area contributed by atoms with Gasteiger partial charge in [0.1, 0.15) is 5.71 Å². The first-order valence-corrected chi connectivity index (χ1v) is 8.65. The number of hydrogen-bond donors (Lipinski definition) is 4. The van der Waals surface area contributed by atoms with Crippen LogP contribution < -0.4 is 22.3 Å². The van der Waals surface area contributed by atoms with E-state index >= 15 is 0 Å². The zero-order valence-corrected chi connectivity index (χ0v) is 15.7. The van der Waals surface area contributed by atoms with Gasteiger partial charge in [-0.15, -0.1) is 10.2 Å². The number of benzene rings is 1. The summed E-state index contributed by atoms with van der Waals surface area (Å²) in [4.78, 5) is 16.1. The molecule has 0 bridgehead atoms. The summed E-state index contributed by atoms with van der Waals surface area (Å²) in [5.74, 6) is -0.377. The van der Waals surface area contributed by atoms with Crippen LogP contribution in [0.4, 0.5) is 5.13 Å². The van der Waals surface area contributed by atoms with Crippen molar-refractivity contribution in [2.24, 2.45) is 21.7 Å². The highest BCUT2D eigenvalue weighted by Crippen LogP contribution is 2.24. The van der Waals surface area contributed by atoms with E-state index in [2.05, 4.69) is 26.0 Å². The normalized spacial score (nSPS) is 11.4. The molecule has 1 aromatic heterocycles. The number of nitrogens with two attached hydrogens (primary N) is 2. The summed E-state index contributed by atoms with van der Waals surface area (Å²) in [5.41, 5.74) is 18.1. The van der Waals surface area contributed by atoms with Gasteiger partial charge in [0.25, 0.3) is 0 Å². The molecule has 0 spiro atoms. The molecule has 0 radical (unpaired) electrons. The SMILES string of the molecule is CC(=O)NNc1nc(C)c(C(/C=C/c2ccc(Cl)cc2)=N\N=C(N)N)s1. The Morgan fingerprint density at radius 3 is 2.58 bits per heavy atom. The van der Waals surface area contributed by atoms with Gasteiger partial charge in [-0.05, 0) is 30.7 Å². The molecular formula is C16H18ClN7OS. The van der Waals surface area contributed by atoms with Crippen LogP contribution in [0, 0.1) is 6.92 Å². The van der Waals surface area contributed by atoms with Crippen LogP contribution in [-0.4, -0.2) is 22.6 Å². The number of hydrazine groups is 1. The van der Waals surface area contributed by atoms with E-state index in [1.54, 1.807) is 18.2 Å². The lowest BCUT2D eigenvalue weighted by Gasteiger charge is -2.00. The van der Waals surface area contributed by atoms with Crippen molar-refractivity contribution in [2.45, 2.75) is 13.8 Å². The number of anilines is 1. The summed E-state index contributed by atoms with van der Waals surface area (Å²) >= 11 is 7.20. The molecule has 0 fully saturated rings. The molecule has 0 unspecified atom stereocenters. The van der Waals surface area contributed by atoms with Crippen molar-refractivity contribution in [3.63, 3.8) is 0 Å². The Morgan fingerprint density at radius 1 is 1.27 bits per heavy atom. The van der Waals surface area contributed by atoms with E-state index in [-0.39, 0.29) is 11.9 Å². The van der Waals surface area contributed by atoms with E-state index < -0.39 is 0 Å². The maximum Gasteiger partial charge on any atom is 0.235 e. The minimum absolute atomic E-state index is 0.152. The Hall–Kier alpha value is -2.91. The lowest BCUT2D eigenvalue weighted by Crippen LogP contribution is -2.26. The minimum atomic E-state index is -0.226. The number of guanidine groups is 1. The minimum Gasteiger partial charge on any atom is -0.369 e. The van der Waals surface area contributed by atoms with E-state index in [4.69, 9.17) is 23.1 Å². The summed E-state index contributed by atoms with van der Waals surface area (Å²) in [5, 5.41) is 9.00. The van der Waals surface area contributed by atoms with Gasteiger partial charge in [-0.25, -0.2) is 4.98 Å². The zero-order valence-electron chi connectivity index (χ0n) is 14.2. The van der Waals surface area contributed by atoms with Gasteiger partial charge in [0, 0.05) is 11.9 Å². The molecule has 26 heavy (non-hydrogen) atoms. The number of aromatic nitrogens is 1. The predicted octanol–water partition coefficient (Wildman–Crippen LogP) is 2.26. The fraction of sp³-hybridized carbons (Fsp3) is 0.125. The molecule has 6 N–H and O–H groups in total. The molecule has 0 atom stereocenters. The first kappa shape index (κ1) is 19.4. The summed E-state index contributed by atoms with van der Waals surface area (Å²) < 4.78 is 0. The van der Waals surface area contributed by atoms with Gasteiger partial charge in [0.2, 0.25) is 17.0 Å². The average Bonchev–Trinajstić information content (AvgIpc) is 2.95. The number of nitrogens with zero attached hydrogens (tertiary/aromatic N) is 3. The Balaban J connectivity index is 2.33. The Labute approximate surface area is 159 Å². The number of nitrogens with one attached hydrogen (secondary N) is 2. The van der Waals surface area contributed by atoms with Crippen molar-refractivity contribution < 1.29 is 4.79 Å². The Kier molecular flexibility index (Phi) is 6.70. The highest BCUT2D eigenvalue weighted by molar-refractivity contribution is 7.17. The molecular weight excluding hydrogens is 374 g/mol. The number of amides is 1. The van der Waals surface area contributed by atoms with Gasteiger partial charge >= 0.3 is 0 Å². The van der Waals surface area contributed by atoms with Crippen molar-refractivity contribution in [3.05, 3.63) is 51.5 Å². The lowest BCUT2D eigenvalue weighted by molar-refractivity contribution is -0.118. The fourth-order valence-electron chi connectivity index (χ4n) is 1.84. The standard InChI is InChI=1S/C16H18ClN7OS/c1-9-14(26-16(20-9)24-21-10(2)25)13(22-23-15(18)19)8-5-11-3-6-12(17)7-4-11/h3-8H,1-2H3,(H,20,24)(H,21,25)(H4,18,19,23)/b8-5+,22-13-. The summed E-state index contributed by atoms with van der Waals surface area (Å²) in [6, 6.07) is 7.34. The summed E-state index contributed by atoms with van der Waals surface area (Å²) in [6.45, 7) is 3.22. The lowest BCUT2D eigenvalue weighted by atomic mass is 10.1. The Morgan fingerprint density at radius 2 is 1.96 bits per heavy atom. The third-order valence-electron chi connectivity index (χ3n) is 2.95. The summed E-state index contributed by atoms with van der Waals surface area (Å²) in [6.07, 6.45) is 3.63. The Bertz CT molecular complexity index is 867. The van der Waals surface area contributed by atoms with E-state index in [1.807, 2.05) is 25.1 Å². The van der Waals surface area contributed by atoms with Crippen molar-refractivity contribution in [3.8, 4) is 0 Å². The van der Waals surface area contributed by atoms with Crippen LogP contribution in [0.25, 0.3) is 6.08 Å². The smallest absolute Gasteiger partial charge is 0.235 e. The topological polar surface area (TPSA) is 131 Å². The summed E-state index contributed by atoms with van der Waals surface area (Å²) in [7, 11) is 0. The maximum atomic E-state index is 11.0. The van der Waals surface area contributed by atoms with Crippen LogP contribution in [-0.2, 0) is 4.79 Å². The van der Waals surface area contributed by atoms with Crippen molar-refractivity contribution in [2.75, 3.05) is 5.43 Å². The number of allylic oxidation sites excluding steroid dienone is 1. The number of carbonyl (C=O) groups is 1. The molecule has 0 saturated carbocycles. The monoisotopic (exact) mass is 391 g/mol. The molecule has 1 heterocycles. The van der Waals surface area contributed by atoms with Gasteiger partial charge in [-0.1, -0.05) is 41.1 Å². The van der Waals surface area contributed by atoms with Crippen molar-refractivity contribution >= 4 is 51.7 Å². The number of aryl methyl sites for hydroxylation is 1. The van der Waals surface area contributed by atoms with Crippen molar-refractivity contribution in [1.82, 2.24) is 10.4 Å². The molecule has 0 aliphatic carbocycles. The van der Waals surface area contributed by atoms with Gasteiger partial charge in [0.15, 0.2) is 0 Å². The van der Waals surface area contributed by atoms with Gasteiger partial charge in [-0.2, -0.15) is 0 Å². The van der Waals surface area contributed by atoms with Gasteiger partial charge in [-0.3, -0.25) is 15.6 Å². The van der Waals surface area contributed by atoms with E-state index in [1.165, 1.54) is 18.3 Å². The third kappa shape index (κ3) is 5.87. The second kappa shape index (κ2) is 8.97. The van der Waals surface area contributed by atoms with E-state index in [0.717, 1.165) is 10.4 Å². The number of hydrogen-bond acceptors (Lipinski definition) is 6. The van der Waals surface area contributed by atoms with Crippen LogP contribution in [0.3, 0.4) is 0 Å². The van der Waals surface area contributed by atoms with Crippen LogP contribution in [0.2, 0.25) is 5.02 Å². The highest BCUT2D eigenvalue weighted by atomic mass is 35.5. The molecule has 8 nitrogen and oxygen atoms in total. The van der Waals surface area contributed by atoms with E-state index in [0.29, 0.717) is 21.6 Å². The predicted molar refractivity (Wildman–Crippen MR) is 107 cm³/mol. The first-order chi connectivity index (χ1) is 12.3. The largest absolute Gasteiger partial charge is 0.369 e. The quantitative estimate of drug-likeness (QED) is 0.341. The molecule has 2 rings (SSSR count). The number of thiazole rings is 1. The van der Waals surface area contributed by atoms with Crippen molar-refractivity contribution in [1.29, 1.82) is 0 Å². The highest BCUT2D eigenvalue weighted by Gasteiger charge is 2.12. The molecule has 0 aliphatic heterocycles. The zero-order chi connectivity index (χ0) is 19.1. The third-order valence-corrected chi connectivity index (χ3v) is 4.30. The molecule has 0 saturated heterocycles. The van der Waals surface area contributed by atoms with Crippen LogP contribution in [0.1, 0.15) is 23.1 Å². The molecule has 1 aromatic carbocycles. The van der Waals surface area contributed by atoms with Gasteiger partial charge in [0.05, 0.1) is 10.6 Å². The molecule has 2 aromatic rings. The second-order valence-electron chi connectivity index (χ2n) is 5.13. The van der Waals surface area contributed by atoms with Crippen LogP contribution in [0.5, 0.6) is 0 Å². The number of rotatable bonds is 6. The molecule has 1 amide bonds. The van der Waals surface area contributed by atoms with E-state index in [9.17, 15) is 4.79 Å². The molecule has 136 valence electrons. The first-order valence-electron chi connectivity index (χ1n) is 7.46. The fourth-order valence-corrected chi connectivity index (χ4v) is 2.85.